The van der Waals surface area contributed by atoms with E-state index in [-0.39, 0.29) is 11.8 Å². The summed E-state index contributed by atoms with van der Waals surface area (Å²) in [5.41, 5.74) is 2.53. The monoisotopic (exact) mass is 473 g/mol. The third kappa shape index (κ3) is 5.21. The minimum atomic E-state index is -0.331. The minimum Gasteiger partial charge on any atom is -0.371 e. The van der Waals surface area contributed by atoms with Gasteiger partial charge in [-0.3, -0.25) is 9.59 Å². The smallest absolute Gasteiger partial charge is 0.257 e. The van der Waals surface area contributed by atoms with Crippen LogP contribution in [0.15, 0.2) is 36.4 Å². The van der Waals surface area contributed by atoms with Crippen LogP contribution in [0.25, 0.3) is 0 Å². The van der Waals surface area contributed by atoms with Crippen molar-refractivity contribution in [2.24, 2.45) is 5.92 Å². The highest BCUT2D eigenvalue weighted by molar-refractivity contribution is 6.37. The van der Waals surface area contributed by atoms with Crippen molar-refractivity contribution in [3.8, 4) is 0 Å². The fourth-order valence-corrected chi connectivity index (χ4v) is 4.94. The number of halogens is 2. The van der Waals surface area contributed by atoms with Crippen LogP contribution in [0, 0.1) is 5.92 Å². The van der Waals surface area contributed by atoms with Crippen LogP contribution >= 0.6 is 23.2 Å². The van der Waals surface area contributed by atoms with E-state index in [4.69, 9.17) is 23.2 Å². The molecule has 2 saturated heterocycles. The molecule has 0 atom stereocenters. The second-order valence-corrected chi connectivity index (χ2v) is 9.68. The lowest BCUT2D eigenvalue weighted by atomic mass is 9.98. The van der Waals surface area contributed by atoms with Crippen molar-refractivity contribution >= 4 is 46.4 Å². The fourth-order valence-electron chi connectivity index (χ4n) is 4.45. The molecule has 5 nitrogen and oxygen atoms in total. The van der Waals surface area contributed by atoms with Gasteiger partial charge in [-0.1, -0.05) is 30.1 Å². The summed E-state index contributed by atoms with van der Waals surface area (Å²) in [6.07, 6.45) is 5.52. The summed E-state index contributed by atoms with van der Waals surface area (Å²) in [6.45, 7) is 5.68. The number of benzene rings is 2. The molecule has 2 heterocycles. The van der Waals surface area contributed by atoms with Crippen LogP contribution in [-0.2, 0) is 0 Å². The van der Waals surface area contributed by atoms with E-state index in [9.17, 15) is 9.59 Å². The van der Waals surface area contributed by atoms with Crippen LogP contribution in [0.4, 0.5) is 11.4 Å². The van der Waals surface area contributed by atoms with Crippen LogP contribution in [0.2, 0.25) is 10.0 Å². The normalized spacial score (nSPS) is 17.3. The highest BCUT2D eigenvalue weighted by Crippen LogP contribution is 2.30. The summed E-state index contributed by atoms with van der Waals surface area (Å²) in [5, 5.41) is 3.66. The molecule has 2 aromatic carbocycles. The number of nitrogens with zero attached hydrogens (tertiary/aromatic N) is 2. The third-order valence-electron chi connectivity index (χ3n) is 6.43. The zero-order chi connectivity index (χ0) is 22.7. The number of likely N-dealkylation sites (tertiary alicyclic amines) is 1. The number of amides is 2. The first-order valence-electron chi connectivity index (χ1n) is 11.4. The Labute approximate surface area is 199 Å². The summed E-state index contributed by atoms with van der Waals surface area (Å²) >= 11 is 12.1. The molecule has 2 aromatic rings. The van der Waals surface area contributed by atoms with Crippen molar-refractivity contribution in [2.45, 2.75) is 39.0 Å². The van der Waals surface area contributed by atoms with Crippen LogP contribution in [0.5, 0.6) is 0 Å². The van der Waals surface area contributed by atoms with Crippen molar-refractivity contribution in [2.75, 3.05) is 36.4 Å². The Hall–Kier alpha value is -2.24. The average molecular weight is 474 g/mol. The molecule has 0 aromatic heterocycles. The molecule has 0 bridgehead atoms. The summed E-state index contributed by atoms with van der Waals surface area (Å²) < 4.78 is 0. The number of anilines is 2. The summed E-state index contributed by atoms with van der Waals surface area (Å²) in [4.78, 5) is 30.6. The van der Waals surface area contributed by atoms with Crippen molar-refractivity contribution in [3.63, 3.8) is 0 Å². The number of carbonyl (C=O) groups excluding carboxylic acids is 2. The third-order valence-corrected chi connectivity index (χ3v) is 6.98. The molecule has 0 spiro atoms. The Morgan fingerprint density at radius 2 is 1.62 bits per heavy atom. The van der Waals surface area contributed by atoms with Gasteiger partial charge in [0.15, 0.2) is 0 Å². The first-order chi connectivity index (χ1) is 15.4. The lowest BCUT2D eigenvalue weighted by molar-refractivity contribution is 0.0697. The zero-order valence-corrected chi connectivity index (χ0v) is 19.9. The molecule has 0 saturated carbocycles. The number of rotatable bonds is 4. The lowest BCUT2D eigenvalue weighted by Gasteiger charge is -2.34. The summed E-state index contributed by atoms with van der Waals surface area (Å²) in [5.74, 6) is 0.357. The lowest BCUT2D eigenvalue weighted by Crippen LogP contribution is -2.39. The van der Waals surface area contributed by atoms with Crippen LogP contribution < -0.4 is 10.2 Å². The highest BCUT2D eigenvalue weighted by atomic mass is 35.5. The van der Waals surface area contributed by atoms with Crippen molar-refractivity contribution in [3.05, 3.63) is 57.6 Å². The van der Waals surface area contributed by atoms with Gasteiger partial charge in [0, 0.05) is 42.6 Å². The topological polar surface area (TPSA) is 52.7 Å². The number of hydrogen-bond acceptors (Lipinski definition) is 3. The van der Waals surface area contributed by atoms with Crippen molar-refractivity contribution in [1.82, 2.24) is 4.90 Å². The summed E-state index contributed by atoms with van der Waals surface area (Å²) in [6, 6.07) is 10.4. The average Bonchev–Trinajstić information content (AvgIpc) is 2.79. The van der Waals surface area contributed by atoms with Gasteiger partial charge in [-0.25, -0.2) is 0 Å². The van der Waals surface area contributed by atoms with Crippen LogP contribution in [0.1, 0.15) is 59.7 Å². The molecule has 0 unspecified atom stereocenters. The van der Waals surface area contributed by atoms with Gasteiger partial charge in [0.25, 0.3) is 11.8 Å². The molecular formula is C25H29Cl2N3O2. The van der Waals surface area contributed by atoms with Gasteiger partial charge in [0.2, 0.25) is 0 Å². The van der Waals surface area contributed by atoms with E-state index in [2.05, 4.69) is 17.1 Å². The van der Waals surface area contributed by atoms with Crippen LogP contribution in [-0.4, -0.2) is 42.9 Å². The number of hydrogen-bond donors (Lipinski definition) is 1. The van der Waals surface area contributed by atoms with Crippen molar-refractivity contribution < 1.29 is 9.59 Å². The SMILES string of the molecule is CC1CCN(C(=O)c2cc(NC(=O)c3ccc(Cl)cc3Cl)ccc2N2CCCCC2)CC1. The maximum atomic E-state index is 13.5. The van der Waals surface area contributed by atoms with E-state index in [0.29, 0.717) is 32.8 Å². The molecule has 0 radical (unpaired) electrons. The number of piperidine rings is 2. The molecule has 1 N–H and O–H groups in total. The van der Waals surface area contributed by atoms with E-state index in [1.54, 1.807) is 18.2 Å². The molecular weight excluding hydrogens is 445 g/mol. The first kappa shape index (κ1) is 22.9. The highest BCUT2D eigenvalue weighted by Gasteiger charge is 2.26. The van der Waals surface area contributed by atoms with E-state index >= 15 is 0 Å². The van der Waals surface area contributed by atoms with E-state index in [0.717, 1.165) is 57.5 Å². The molecule has 0 aliphatic carbocycles. The van der Waals surface area contributed by atoms with Gasteiger partial charge in [-0.15, -0.1) is 0 Å². The van der Waals surface area contributed by atoms with Gasteiger partial charge < -0.3 is 15.1 Å². The quantitative estimate of drug-likeness (QED) is 0.582. The largest absolute Gasteiger partial charge is 0.371 e. The molecule has 2 aliphatic heterocycles. The van der Waals surface area contributed by atoms with Crippen LogP contribution in [0.3, 0.4) is 0 Å². The maximum absolute atomic E-state index is 13.5. The molecule has 2 amide bonds. The van der Waals surface area contributed by atoms with Gasteiger partial charge in [-0.2, -0.15) is 0 Å². The Morgan fingerprint density at radius 3 is 2.31 bits per heavy atom. The Bertz CT molecular complexity index is 997. The Balaban J connectivity index is 1.61. The van der Waals surface area contributed by atoms with Gasteiger partial charge in [-0.05, 0) is 74.4 Å². The maximum Gasteiger partial charge on any atom is 0.257 e. The number of nitrogens with one attached hydrogen (secondary N) is 1. The van der Waals surface area contributed by atoms with Crippen molar-refractivity contribution in [1.29, 1.82) is 0 Å². The predicted molar refractivity (Wildman–Crippen MR) is 131 cm³/mol. The molecule has 32 heavy (non-hydrogen) atoms. The minimum absolute atomic E-state index is 0.0399. The molecule has 7 heteroatoms. The summed E-state index contributed by atoms with van der Waals surface area (Å²) in [7, 11) is 0. The molecule has 2 aliphatic rings. The first-order valence-corrected chi connectivity index (χ1v) is 12.1. The number of carbonyl (C=O) groups is 2. The van der Waals surface area contributed by atoms with E-state index in [1.165, 1.54) is 6.42 Å². The van der Waals surface area contributed by atoms with Gasteiger partial charge in [0.1, 0.15) is 0 Å². The van der Waals surface area contributed by atoms with E-state index < -0.39 is 0 Å². The molecule has 2 fully saturated rings. The second-order valence-electron chi connectivity index (χ2n) is 8.83. The molecule has 4 rings (SSSR count). The second kappa shape index (κ2) is 10.1. The van der Waals surface area contributed by atoms with Gasteiger partial charge in [0.05, 0.1) is 16.1 Å². The van der Waals surface area contributed by atoms with E-state index in [1.807, 2.05) is 23.1 Å². The standard InChI is InChI=1S/C25H29Cl2N3O2/c1-17-9-13-30(14-10-17)25(32)21-16-19(6-8-23(21)29-11-3-2-4-12-29)28-24(31)20-7-5-18(26)15-22(20)27/h5-8,15-17H,2-4,9-14H2,1H3,(H,28,31). The Kier molecular flexibility index (Phi) is 7.27. The fraction of sp³-hybridized carbons (Fsp3) is 0.440. The molecule has 170 valence electrons. The van der Waals surface area contributed by atoms with Gasteiger partial charge >= 0.3 is 0 Å². The Morgan fingerprint density at radius 1 is 0.906 bits per heavy atom. The zero-order valence-electron chi connectivity index (χ0n) is 18.4. The predicted octanol–water partition coefficient (Wildman–Crippen LogP) is 6.11.